The Morgan fingerprint density at radius 1 is 1.04 bits per heavy atom. The van der Waals surface area contributed by atoms with E-state index in [2.05, 4.69) is 60.7 Å². The average Bonchev–Trinajstić information content (AvgIpc) is 2.54. The molecule has 1 unspecified atom stereocenters. The molecule has 1 atom stereocenters. The monoisotopic (exact) mass is 421 g/mol. The molecule has 1 N–H and O–H groups in total. The molecular formula is C19H31Cl2OSiTi. The van der Waals surface area contributed by atoms with Crippen molar-refractivity contribution in [2.45, 2.75) is 48.5 Å². The van der Waals surface area contributed by atoms with Crippen LogP contribution in [0, 0.1) is 25.8 Å². The van der Waals surface area contributed by atoms with Gasteiger partial charge in [0.15, 0.2) is 0 Å². The molecule has 0 bridgehead atoms. The number of benzene rings is 1. The Bertz CT molecular complexity index is 541. The van der Waals surface area contributed by atoms with Crippen LogP contribution in [0.15, 0.2) is 34.5 Å². The molecule has 0 saturated heterocycles. The van der Waals surface area contributed by atoms with E-state index in [1.165, 1.54) is 20.2 Å². The number of hydrogen-bond acceptors (Lipinski definition) is 1. The maximum Gasteiger partial charge on any atom is 0.116 e. The molecule has 1 aliphatic rings. The van der Waals surface area contributed by atoms with Crippen molar-refractivity contribution in [3.8, 4) is 5.75 Å². The van der Waals surface area contributed by atoms with Gasteiger partial charge in [-0.1, -0.05) is 25.8 Å². The average molecular weight is 422 g/mol. The summed E-state index contributed by atoms with van der Waals surface area (Å²) < 4.78 is 1.42. The summed E-state index contributed by atoms with van der Waals surface area (Å²) in [5, 5.41) is 10.5. The number of phenols is 1. The number of allylic oxidation sites excluding steroid dienone is 4. The number of aryl methyl sites for hydroxylation is 2. The van der Waals surface area contributed by atoms with Crippen molar-refractivity contribution >= 4 is 38.9 Å². The fourth-order valence-corrected chi connectivity index (χ4v) is 2.94. The molecule has 0 spiro atoms. The van der Waals surface area contributed by atoms with Gasteiger partial charge in [0, 0.05) is 0 Å². The largest absolute Gasteiger partial charge is 0.508 e. The van der Waals surface area contributed by atoms with E-state index in [1.807, 2.05) is 19.9 Å². The molecule has 1 nitrogen and oxygen atoms in total. The van der Waals surface area contributed by atoms with Crippen LogP contribution in [0.25, 0.3) is 0 Å². The Kier molecular flexibility index (Phi) is 16.8. The summed E-state index contributed by atoms with van der Waals surface area (Å²) >= 11 is 2.08. The van der Waals surface area contributed by atoms with Crippen molar-refractivity contribution in [3.63, 3.8) is 0 Å². The molecule has 0 amide bonds. The van der Waals surface area contributed by atoms with Gasteiger partial charge in [-0.25, -0.2) is 10.8 Å². The fourth-order valence-electron chi connectivity index (χ4n) is 2.11. The molecule has 5 heteroatoms. The van der Waals surface area contributed by atoms with Crippen LogP contribution < -0.4 is 0 Å². The Balaban J connectivity index is -0.000000283. The molecule has 1 aromatic carbocycles. The van der Waals surface area contributed by atoms with Gasteiger partial charge in [-0.05, 0) is 47.3 Å². The van der Waals surface area contributed by atoms with E-state index < -0.39 is 0 Å². The summed E-state index contributed by atoms with van der Waals surface area (Å²) in [5.74, 6) is 0.949. The third-order valence-corrected chi connectivity index (χ3v) is 4.48. The first-order valence-electron chi connectivity index (χ1n) is 7.61. The van der Waals surface area contributed by atoms with Crippen LogP contribution in [-0.2, 0) is 20.0 Å². The van der Waals surface area contributed by atoms with Gasteiger partial charge in [0.1, 0.15) is 5.75 Å². The molecule has 1 aromatic rings. The van der Waals surface area contributed by atoms with Crippen LogP contribution in [-0.4, -0.2) is 19.2 Å². The van der Waals surface area contributed by atoms with E-state index in [-0.39, 0.29) is 24.8 Å². The number of halogens is 2. The maximum absolute atomic E-state index is 8.99. The maximum atomic E-state index is 8.99. The number of aromatic hydroxyl groups is 1. The molecular weight excluding hydrogens is 391 g/mol. The molecule has 1 aliphatic carbocycles. The molecule has 0 saturated carbocycles. The summed E-state index contributed by atoms with van der Waals surface area (Å²) in [6.07, 6.45) is 3.42. The molecule has 2 rings (SSSR count). The summed E-state index contributed by atoms with van der Waals surface area (Å²) in [7, 11) is 1.16. The van der Waals surface area contributed by atoms with Gasteiger partial charge in [0.2, 0.25) is 0 Å². The molecule has 0 radical (unpaired) electrons. The first kappa shape index (κ1) is 28.7. The van der Waals surface area contributed by atoms with Gasteiger partial charge >= 0.3 is 37.6 Å². The van der Waals surface area contributed by atoms with Crippen LogP contribution in [0.4, 0.5) is 0 Å². The summed E-state index contributed by atoms with van der Waals surface area (Å²) in [4.78, 5) is 0. The zero-order valence-corrected chi connectivity index (χ0v) is 21.3. The fraction of sp³-hybridized carbons (Fsp3) is 0.421. The molecule has 0 fully saturated rings. The molecule has 0 aliphatic heterocycles. The van der Waals surface area contributed by atoms with Crippen LogP contribution in [0.5, 0.6) is 5.75 Å². The van der Waals surface area contributed by atoms with Crippen molar-refractivity contribution in [2.24, 2.45) is 5.92 Å². The quantitative estimate of drug-likeness (QED) is 0.478. The Labute approximate surface area is 175 Å². The smallest absolute Gasteiger partial charge is 0.116 e. The standard InChI is InChI=1S/C8H10O.C8H13Si.C3H6.2ClH.Ti/c1-6-3-7(2)5-8(9)4-6;1-5-4-8(9)7(3)6(5)2;1-3-2;;;/h3-5,9H,1-2H3;5H,1-3,9H3;1-2H3;2*1H;/q;-1;;;;+1. The Morgan fingerprint density at radius 2 is 1.42 bits per heavy atom. The molecule has 135 valence electrons. The third-order valence-electron chi connectivity index (χ3n) is 3.44. The van der Waals surface area contributed by atoms with E-state index in [9.17, 15) is 0 Å². The first-order valence-corrected chi connectivity index (χ1v) is 9.39. The van der Waals surface area contributed by atoms with E-state index in [0.29, 0.717) is 11.7 Å². The zero-order valence-electron chi connectivity index (χ0n) is 16.1. The van der Waals surface area contributed by atoms with Crippen molar-refractivity contribution in [1.82, 2.24) is 0 Å². The number of rotatable bonds is 0. The van der Waals surface area contributed by atoms with Gasteiger partial charge in [-0.2, -0.15) is 5.57 Å². The number of hydrogen-bond donors (Lipinski definition) is 1. The summed E-state index contributed by atoms with van der Waals surface area (Å²) in [6, 6.07) is 5.51. The minimum absolute atomic E-state index is 0. The van der Waals surface area contributed by atoms with Crippen molar-refractivity contribution in [3.05, 3.63) is 51.7 Å². The van der Waals surface area contributed by atoms with E-state index in [4.69, 9.17) is 5.11 Å². The van der Waals surface area contributed by atoms with Gasteiger partial charge < -0.3 is 5.11 Å². The van der Waals surface area contributed by atoms with Crippen molar-refractivity contribution in [1.29, 1.82) is 0 Å². The van der Waals surface area contributed by atoms with Crippen LogP contribution in [0.2, 0.25) is 0 Å². The molecule has 24 heavy (non-hydrogen) atoms. The summed E-state index contributed by atoms with van der Waals surface area (Å²) in [5.41, 5.74) is 5.22. The minimum atomic E-state index is 0. The molecule has 0 heterocycles. The Hall–Kier alpha value is -0.119. The zero-order chi connectivity index (χ0) is 17.4. The van der Waals surface area contributed by atoms with E-state index in [0.717, 1.165) is 21.4 Å². The van der Waals surface area contributed by atoms with Gasteiger partial charge in [-0.15, -0.1) is 31.7 Å². The number of phenolic OH excluding ortho intramolecular Hbond substituents is 1. The SMILES string of the molecule is CC1=C(C)C(C)[C-]=C1[SiH3].C[C](C)=[Ti+].Cc1cc(C)cc(O)c1.Cl.Cl. The van der Waals surface area contributed by atoms with Gasteiger partial charge in [0.05, 0.1) is 0 Å². The predicted molar refractivity (Wildman–Crippen MR) is 113 cm³/mol. The van der Waals surface area contributed by atoms with Crippen LogP contribution in [0.3, 0.4) is 0 Å². The second-order valence-electron chi connectivity index (χ2n) is 6.14. The van der Waals surface area contributed by atoms with Crippen molar-refractivity contribution in [2.75, 3.05) is 0 Å². The minimum Gasteiger partial charge on any atom is -0.508 e. The third kappa shape index (κ3) is 12.3. The topological polar surface area (TPSA) is 20.2 Å². The van der Waals surface area contributed by atoms with Crippen molar-refractivity contribution < 1.29 is 25.1 Å². The van der Waals surface area contributed by atoms with Crippen LogP contribution in [0.1, 0.15) is 45.7 Å². The second kappa shape index (κ2) is 14.1. The van der Waals surface area contributed by atoms with Gasteiger partial charge in [-0.3, -0.25) is 6.08 Å². The molecule has 0 aromatic heterocycles. The van der Waals surface area contributed by atoms with Gasteiger partial charge in [0.25, 0.3) is 0 Å². The van der Waals surface area contributed by atoms with E-state index in [1.54, 1.807) is 12.1 Å². The van der Waals surface area contributed by atoms with Crippen LogP contribution >= 0.6 is 24.8 Å². The second-order valence-corrected chi connectivity index (χ2v) is 8.71. The first-order chi connectivity index (χ1) is 10.0. The summed E-state index contributed by atoms with van der Waals surface area (Å²) in [6.45, 7) is 14.7. The normalized spacial score (nSPS) is 15.0. The predicted octanol–water partition coefficient (Wildman–Crippen LogP) is 4.62. The van der Waals surface area contributed by atoms with E-state index >= 15 is 0 Å². The Morgan fingerprint density at radius 3 is 1.58 bits per heavy atom.